The lowest BCUT2D eigenvalue weighted by molar-refractivity contribution is -0.163. The first kappa shape index (κ1) is 17.9. The van der Waals surface area contributed by atoms with Crippen molar-refractivity contribution in [2.75, 3.05) is 0 Å². The number of fused-ring (bicyclic) bond motifs is 2. The van der Waals surface area contributed by atoms with Crippen LogP contribution in [0.1, 0.15) is 55.8 Å². The van der Waals surface area contributed by atoms with Crippen LogP contribution in [0.5, 0.6) is 0 Å². The number of aliphatic hydroxyl groups is 1. The highest BCUT2D eigenvalue weighted by atomic mass is 16.5. The molecule has 0 unspecified atom stereocenters. The minimum absolute atomic E-state index is 0.0547. The molecule has 0 aliphatic heterocycles. The van der Waals surface area contributed by atoms with Crippen molar-refractivity contribution < 1.29 is 23.8 Å². The lowest BCUT2D eigenvalue weighted by Crippen LogP contribution is -2.58. The van der Waals surface area contributed by atoms with Gasteiger partial charge in [0.15, 0.2) is 5.76 Å². The molecule has 5 heteroatoms. The van der Waals surface area contributed by atoms with Gasteiger partial charge in [-0.1, -0.05) is 19.9 Å². The smallest absolute Gasteiger partial charge is 0.333 e. The normalized spacial score (nSPS) is 35.1. The minimum Gasteiger partial charge on any atom is -0.461 e. The molecule has 2 aliphatic rings. The topological polar surface area (TPSA) is 76.7 Å². The SMILES string of the molecule is CC=C(C)C(=O)O[C@@H]1C[C@H](O)[C@H]2C(=O)c3occ(C)c3C[C@]2(C)[C@H]1C. The Kier molecular flexibility index (Phi) is 4.40. The third kappa shape index (κ3) is 2.65. The number of aliphatic hydroxyl groups excluding tert-OH is 1. The summed E-state index contributed by atoms with van der Waals surface area (Å²) in [6.45, 7) is 9.45. The fraction of sp³-hybridized carbons (Fsp3) is 0.600. The summed E-state index contributed by atoms with van der Waals surface area (Å²) in [5, 5.41) is 10.7. The molecule has 0 spiro atoms. The van der Waals surface area contributed by atoms with Gasteiger partial charge in [-0.3, -0.25) is 4.79 Å². The van der Waals surface area contributed by atoms with E-state index in [-0.39, 0.29) is 24.1 Å². The van der Waals surface area contributed by atoms with Crippen molar-refractivity contribution in [3.8, 4) is 0 Å². The first-order valence-corrected chi connectivity index (χ1v) is 8.83. The number of aryl methyl sites for hydroxylation is 1. The molecule has 0 aromatic carbocycles. The summed E-state index contributed by atoms with van der Waals surface area (Å²) in [6.07, 6.45) is 2.95. The van der Waals surface area contributed by atoms with Gasteiger partial charge in [-0.25, -0.2) is 4.79 Å². The molecular formula is C20H26O5. The molecule has 1 fully saturated rings. The molecule has 25 heavy (non-hydrogen) atoms. The molecular weight excluding hydrogens is 320 g/mol. The summed E-state index contributed by atoms with van der Waals surface area (Å²) >= 11 is 0. The molecule has 1 aromatic heterocycles. The first-order chi connectivity index (χ1) is 11.7. The zero-order valence-electron chi connectivity index (χ0n) is 15.5. The van der Waals surface area contributed by atoms with Crippen molar-refractivity contribution in [3.63, 3.8) is 0 Å². The average molecular weight is 346 g/mol. The Morgan fingerprint density at radius 1 is 1.48 bits per heavy atom. The summed E-state index contributed by atoms with van der Waals surface area (Å²) < 4.78 is 11.1. The summed E-state index contributed by atoms with van der Waals surface area (Å²) in [5.74, 6) is -0.702. The van der Waals surface area contributed by atoms with Crippen LogP contribution in [0.3, 0.4) is 0 Å². The van der Waals surface area contributed by atoms with Crippen LogP contribution in [0.25, 0.3) is 0 Å². The van der Waals surface area contributed by atoms with Gasteiger partial charge < -0.3 is 14.3 Å². The Morgan fingerprint density at radius 2 is 2.16 bits per heavy atom. The van der Waals surface area contributed by atoms with E-state index < -0.39 is 23.5 Å². The van der Waals surface area contributed by atoms with Gasteiger partial charge in [0.2, 0.25) is 5.78 Å². The second-order valence-electron chi connectivity index (χ2n) is 7.76. The van der Waals surface area contributed by atoms with E-state index in [0.717, 1.165) is 11.1 Å². The highest BCUT2D eigenvalue weighted by molar-refractivity contribution is 5.99. The zero-order valence-corrected chi connectivity index (χ0v) is 15.5. The Hall–Kier alpha value is -1.88. The highest BCUT2D eigenvalue weighted by Crippen LogP contribution is 2.53. The van der Waals surface area contributed by atoms with Crippen LogP contribution in [-0.2, 0) is 16.0 Å². The van der Waals surface area contributed by atoms with Crippen molar-refractivity contribution in [3.05, 3.63) is 34.8 Å². The van der Waals surface area contributed by atoms with E-state index in [4.69, 9.17) is 9.15 Å². The number of rotatable bonds is 2. The second-order valence-corrected chi connectivity index (χ2v) is 7.76. The molecule has 2 aliphatic carbocycles. The van der Waals surface area contributed by atoms with Crippen LogP contribution >= 0.6 is 0 Å². The van der Waals surface area contributed by atoms with Gasteiger partial charge in [0.05, 0.1) is 18.3 Å². The van der Waals surface area contributed by atoms with Crippen molar-refractivity contribution >= 4 is 11.8 Å². The van der Waals surface area contributed by atoms with E-state index in [1.54, 1.807) is 26.2 Å². The third-order valence-corrected chi connectivity index (χ3v) is 6.35. The van der Waals surface area contributed by atoms with E-state index in [1.165, 1.54) is 0 Å². The second kappa shape index (κ2) is 6.13. The van der Waals surface area contributed by atoms with Gasteiger partial charge >= 0.3 is 5.97 Å². The predicted octanol–water partition coefficient (Wildman–Crippen LogP) is 3.23. The Bertz CT molecular complexity index is 743. The van der Waals surface area contributed by atoms with Gasteiger partial charge in [-0.05, 0) is 44.1 Å². The number of carbonyl (C=O) groups excluding carboxylic acids is 2. The number of esters is 1. The standard InChI is InChI=1S/C20H26O5/c1-6-10(2)19(23)25-15-7-14(21)16-17(22)18-13(11(3)9-24-18)8-20(16,5)12(15)4/h6,9,12,14-16,21H,7-8H2,1-5H3/t12-,14-,15+,16-,20+/m0/s1. The molecule has 1 N–H and O–H groups in total. The maximum absolute atomic E-state index is 12.9. The monoisotopic (exact) mass is 346 g/mol. The Morgan fingerprint density at radius 3 is 2.80 bits per heavy atom. The van der Waals surface area contributed by atoms with Crippen LogP contribution < -0.4 is 0 Å². The number of carbonyl (C=O) groups is 2. The minimum atomic E-state index is -0.851. The van der Waals surface area contributed by atoms with E-state index in [0.29, 0.717) is 17.8 Å². The molecule has 136 valence electrons. The molecule has 5 nitrogen and oxygen atoms in total. The molecule has 3 rings (SSSR count). The van der Waals surface area contributed by atoms with Crippen LogP contribution in [0.2, 0.25) is 0 Å². The van der Waals surface area contributed by atoms with Crippen molar-refractivity contribution in [2.45, 2.75) is 59.7 Å². The Balaban J connectivity index is 1.95. The molecule has 0 amide bonds. The van der Waals surface area contributed by atoms with E-state index >= 15 is 0 Å². The summed E-state index contributed by atoms with van der Waals surface area (Å²) in [6, 6.07) is 0. The number of ketones is 1. The number of hydrogen-bond acceptors (Lipinski definition) is 5. The van der Waals surface area contributed by atoms with Crippen molar-refractivity contribution in [1.82, 2.24) is 0 Å². The lowest BCUT2D eigenvalue weighted by atomic mass is 9.53. The van der Waals surface area contributed by atoms with E-state index in [1.807, 2.05) is 20.8 Å². The van der Waals surface area contributed by atoms with Crippen molar-refractivity contribution in [2.24, 2.45) is 17.3 Å². The van der Waals surface area contributed by atoms with Crippen LogP contribution in [0.15, 0.2) is 22.3 Å². The molecule has 1 aromatic rings. The molecule has 0 bridgehead atoms. The van der Waals surface area contributed by atoms with Gasteiger partial charge in [-0.15, -0.1) is 0 Å². The largest absolute Gasteiger partial charge is 0.461 e. The van der Waals surface area contributed by atoms with Gasteiger partial charge in [0, 0.05) is 17.6 Å². The first-order valence-electron chi connectivity index (χ1n) is 8.83. The molecule has 1 saturated carbocycles. The van der Waals surface area contributed by atoms with Crippen molar-refractivity contribution in [1.29, 1.82) is 0 Å². The molecule has 5 atom stereocenters. The number of furan rings is 1. The summed E-state index contributed by atoms with van der Waals surface area (Å²) in [4.78, 5) is 25.1. The average Bonchev–Trinajstić information content (AvgIpc) is 2.92. The maximum Gasteiger partial charge on any atom is 0.333 e. The van der Waals surface area contributed by atoms with Crippen LogP contribution in [0.4, 0.5) is 0 Å². The third-order valence-electron chi connectivity index (χ3n) is 6.35. The lowest BCUT2D eigenvalue weighted by Gasteiger charge is -2.52. The molecule has 0 radical (unpaired) electrons. The number of hydrogen-bond donors (Lipinski definition) is 1. The fourth-order valence-electron chi connectivity index (χ4n) is 4.39. The van der Waals surface area contributed by atoms with E-state index in [9.17, 15) is 14.7 Å². The number of allylic oxidation sites excluding steroid dienone is 1. The van der Waals surface area contributed by atoms with E-state index in [2.05, 4.69) is 0 Å². The predicted molar refractivity (Wildman–Crippen MR) is 92.2 cm³/mol. The van der Waals surface area contributed by atoms with Crippen LogP contribution in [-0.4, -0.2) is 29.1 Å². The van der Waals surface area contributed by atoms with Gasteiger partial charge in [0.25, 0.3) is 0 Å². The quantitative estimate of drug-likeness (QED) is 0.657. The summed E-state index contributed by atoms with van der Waals surface area (Å²) in [5.41, 5.74) is 1.93. The van der Waals surface area contributed by atoms with Crippen LogP contribution in [0, 0.1) is 24.2 Å². The Labute approximate surface area is 148 Å². The zero-order chi connectivity index (χ0) is 18.5. The number of Topliss-reactive ketones (excluding diaryl/α,β-unsaturated/α-hetero) is 1. The molecule has 1 heterocycles. The maximum atomic E-state index is 12.9. The highest BCUT2D eigenvalue weighted by Gasteiger charge is 2.58. The van der Waals surface area contributed by atoms with Gasteiger partial charge in [-0.2, -0.15) is 0 Å². The fourth-order valence-corrected chi connectivity index (χ4v) is 4.39. The van der Waals surface area contributed by atoms with Gasteiger partial charge in [0.1, 0.15) is 6.10 Å². The molecule has 0 saturated heterocycles. The summed E-state index contributed by atoms with van der Waals surface area (Å²) in [7, 11) is 0. The number of ether oxygens (including phenoxy) is 1.